The quantitative estimate of drug-likeness (QED) is 0.0267. The first kappa shape index (κ1) is 61.9. The topological polar surface area (TPSA) is 135 Å². The first-order valence-electron chi connectivity index (χ1n) is 27.4. The summed E-state index contributed by atoms with van der Waals surface area (Å²) >= 11 is 0. The van der Waals surface area contributed by atoms with Crippen molar-refractivity contribution in [3.8, 4) is 0 Å². The van der Waals surface area contributed by atoms with E-state index in [9.17, 15) is 25.2 Å². The lowest BCUT2D eigenvalue weighted by molar-refractivity contribution is -0.305. The third kappa shape index (κ3) is 37.8. The van der Waals surface area contributed by atoms with Crippen LogP contribution in [0.3, 0.4) is 0 Å². The highest BCUT2D eigenvalue weighted by Crippen LogP contribution is 2.23. The molecule has 0 aromatic heterocycles. The molecule has 1 rings (SSSR count). The van der Waals surface area contributed by atoms with Crippen molar-refractivity contribution in [3.05, 3.63) is 60.8 Å². The average molecular weight is 931 g/mol. The van der Waals surface area contributed by atoms with E-state index in [0.29, 0.717) is 13.0 Å². The fourth-order valence-electron chi connectivity index (χ4n) is 8.19. The average Bonchev–Trinajstić information content (AvgIpc) is 3.32. The van der Waals surface area contributed by atoms with Crippen LogP contribution < -0.4 is 0 Å². The zero-order valence-corrected chi connectivity index (χ0v) is 42.4. The first-order valence-corrected chi connectivity index (χ1v) is 27.4. The van der Waals surface area contributed by atoms with Gasteiger partial charge in [0.1, 0.15) is 30.5 Å². The van der Waals surface area contributed by atoms with Gasteiger partial charge in [0, 0.05) is 13.0 Å². The van der Waals surface area contributed by atoms with Crippen LogP contribution in [0.2, 0.25) is 0 Å². The SMILES string of the molecule is CC/C=C\C/C=C\C/C=C\C/C=C\CCCCCCCCCCCCCCCOCC(COC1OC(CO)C(O)C(O)C1O)OC(=O)CCCCCCCCC/C=C\CCCCCCCC. The van der Waals surface area contributed by atoms with Crippen LogP contribution in [0.5, 0.6) is 0 Å². The van der Waals surface area contributed by atoms with Gasteiger partial charge in [0.15, 0.2) is 6.29 Å². The van der Waals surface area contributed by atoms with E-state index in [1.807, 2.05) is 0 Å². The normalized spacial score (nSPS) is 19.8. The fraction of sp³-hybridized carbons (Fsp3) is 0.807. The van der Waals surface area contributed by atoms with Crippen LogP contribution in [0.25, 0.3) is 0 Å². The van der Waals surface area contributed by atoms with Crippen LogP contribution in [-0.2, 0) is 23.7 Å². The maximum atomic E-state index is 12.8. The molecule has 6 atom stereocenters. The zero-order valence-electron chi connectivity index (χ0n) is 42.4. The van der Waals surface area contributed by atoms with Gasteiger partial charge in [0.2, 0.25) is 0 Å². The number of carbonyl (C=O) groups is 1. The van der Waals surface area contributed by atoms with Gasteiger partial charge in [-0.3, -0.25) is 4.79 Å². The van der Waals surface area contributed by atoms with Crippen molar-refractivity contribution >= 4 is 5.97 Å². The molecular weight excluding hydrogens is 829 g/mol. The molecule has 0 saturated carbocycles. The Morgan fingerprint density at radius 2 is 0.924 bits per heavy atom. The predicted octanol–water partition coefficient (Wildman–Crippen LogP) is 13.8. The monoisotopic (exact) mass is 931 g/mol. The Labute approximate surface area is 405 Å². The van der Waals surface area contributed by atoms with Crippen LogP contribution >= 0.6 is 0 Å². The molecule has 4 N–H and O–H groups in total. The molecule has 9 heteroatoms. The molecule has 0 bridgehead atoms. The van der Waals surface area contributed by atoms with Gasteiger partial charge in [0.05, 0.1) is 19.8 Å². The minimum Gasteiger partial charge on any atom is -0.457 e. The lowest BCUT2D eigenvalue weighted by Crippen LogP contribution is -2.59. The van der Waals surface area contributed by atoms with Crippen molar-refractivity contribution in [2.75, 3.05) is 26.4 Å². The van der Waals surface area contributed by atoms with Gasteiger partial charge in [-0.05, 0) is 77.0 Å². The highest BCUT2D eigenvalue weighted by molar-refractivity contribution is 5.69. The Balaban J connectivity index is 2.16. The van der Waals surface area contributed by atoms with Gasteiger partial charge < -0.3 is 39.4 Å². The maximum absolute atomic E-state index is 12.8. The standard InChI is InChI=1S/C57H102O9/c1-3-5-7-9-11-13-15-17-19-21-22-23-24-25-26-27-28-29-31-33-35-37-39-41-43-45-47-63-49-51(50-64-57-56(62)55(61)54(60)52(48-58)66-57)65-53(59)46-44-42-40-38-36-34-32-30-20-18-16-14-12-10-8-6-4-2/h5,7,11,13,17-20,22-23,51-52,54-58,60-62H,3-4,6,8-10,12,14-16,21,24-50H2,1-2H3/b7-5-,13-11-,19-17-,20-18-,23-22-. The number of hydrogen-bond donors (Lipinski definition) is 4. The van der Waals surface area contributed by atoms with Crippen molar-refractivity contribution in [2.45, 2.75) is 269 Å². The molecule has 0 aromatic carbocycles. The molecule has 0 aliphatic carbocycles. The van der Waals surface area contributed by atoms with Crippen molar-refractivity contribution < 1.29 is 44.2 Å². The molecule has 66 heavy (non-hydrogen) atoms. The van der Waals surface area contributed by atoms with Gasteiger partial charge >= 0.3 is 5.97 Å². The van der Waals surface area contributed by atoms with Crippen LogP contribution in [-0.4, -0.2) is 89.6 Å². The summed E-state index contributed by atoms with van der Waals surface area (Å²) in [6, 6.07) is 0. The predicted molar refractivity (Wildman–Crippen MR) is 274 cm³/mol. The number of aliphatic hydroxyl groups excluding tert-OH is 4. The minimum atomic E-state index is -1.54. The number of unbranched alkanes of at least 4 members (excludes halogenated alkanes) is 26. The highest BCUT2D eigenvalue weighted by atomic mass is 16.7. The van der Waals surface area contributed by atoms with E-state index in [0.717, 1.165) is 57.8 Å². The van der Waals surface area contributed by atoms with E-state index >= 15 is 0 Å². The number of allylic oxidation sites excluding steroid dienone is 10. The maximum Gasteiger partial charge on any atom is 0.306 e. The summed E-state index contributed by atoms with van der Waals surface area (Å²) in [5, 5.41) is 40.3. The van der Waals surface area contributed by atoms with Crippen LogP contribution in [0.15, 0.2) is 60.8 Å². The Bertz CT molecular complexity index is 1200. The van der Waals surface area contributed by atoms with E-state index in [-0.39, 0.29) is 19.2 Å². The van der Waals surface area contributed by atoms with E-state index < -0.39 is 43.4 Å². The molecule has 1 heterocycles. The highest BCUT2D eigenvalue weighted by Gasteiger charge is 2.44. The van der Waals surface area contributed by atoms with Crippen molar-refractivity contribution in [2.24, 2.45) is 0 Å². The summed E-state index contributed by atoms with van der Waals surface area (Å²) in [5.41, 5.74) is 0. The molecule has 0 spiro atoms. The Morgan fingerprint density at radius 1 is 0.500 bits per heavy atom. The Kier molecular flexibility index (Phi) is 45.0. The second-order valence-electron chi connectivity index (χ2n) is 18.6. The second-order valence-corrected chi connectivity index (χ2v) is 18.6. The third-order valence-electron chi connectivity index (χ3n) is 12.4. The van der Waals surface area contributed by atoms with E-state index in [2.05, 4.69) is 74.6 Å². The number of rotatable bonds is 47. The van der Waals surface area contributed by atoms with E-state index in [1.165, 1.54) is 154 Å². The third-order valence-corrected chi connectivity index (χ3v) is 12.4. The summed E-state index contributed by atoms with van der Waals surface area (Å²) in [6.07, 6.45) is 55.5. The Morgan fingerprint density at radius 3 is 1.41 bits per heavy atom. The summed E-state index contributed by atoms with van der Waals surface area (Å²) in [4.78, 5) is 12.8. The molecule has 384 valence electrons. The number of ether oxygens (including phenoxy) is 4. The van der Waals surface area contributed by atoms with Crippen molar-refractivity contribution in [1.82, 2.24) is 0 Å². The fourth-order valence-corrected chi connectivity index (χ4v) is 8.19. The lowest BCUT2D eigenvalue weighted by atomic mass is 9.99. The largest absolute Gasteiger partial charge is 0.457 e. The van der Waals surface area contributed by atoms with Crippen molar-refractivity contribution in [1.29, 1.82) is 0 Å². The van der Waals surface area contributed by atoms with E-state index in [4.69, 9.17) is 18.9 Å². The molecular formula is C57H102O9. The van der Waals surface area contributed by atoms with Crippen LogP contribution in [0.1, 0.15) is 232 Å². The molecule has 0 amide bonds. The number of aliphatic hydroxyl groups is 4. The molecule has 1 aliphatic rings. The molecule has 1 fully saturated rings. The minimum absolute atomic E-state index is 0.116. The number of carbonyl (C=O) groups excluding carboxylic acids is 1. The van der Waals surface area contributed by atoms with Crippen LogP contribution in [0, 0.1) is 0 Å². The first-order chi connectivity index (χ1) is 32.4. The van der Waals surface area contributed by atoms with Gasteiger partial charge in [0.25, 0.3) is 0 Å². The molecule has 0 radical (unpaired) electrons. The zero-order chi connectivity index (χ0) is 47.8. The molecule has 6 unspecified atom stereocenters. The molecule has 0 aromatic rings. The number of esters is 1. The summed E-state index contributed by atoms with van der Waals surface area (Å²) in [5.74, 6) is -0.317. The summed E-state index contributed by atoms with van der Waals surface area (Å²) in [7, 11) is 0. The van der Waals surface area contributed by atoms with Gasteiger partial charge in [-0.1, -0.05) is 209 Å². The van der Waals surface area contributed by atoms with Gasteiger partial charge in [-0.25, -0.2) is 0 Å². The van der Waals surface area contributed by atoms with E-state index in [1.54, 1.807) is 0 Å². The molecule has 1 aliphatic heterocycles. The van der Waals surface area contributed by atoms with Gasteiger partial charge in [-0.15, -0.1) is 0 Å². The molecule has 1 saturated heterocycles. The summed E-state index contributed by atoms with van der Waals surface area (Å²) < 4.78 is 22.9. The lowest BCUT2D eigenvalue weighted by Gasteiger charge is -2.39. The second kappa shape index (κ2) is 47.9. The summed E-state index contributed by atoms with van der Waals surface area (Å²) in [6.45, 7) is 4.46. The number of hydrogen-bond acceptors (Lipinski definition) is 9. The smallest absolute Gasteiger partial charge is 0.306 e. The van der Waals surface area contributed by atoms with Crippen molar-refractivity contribution in [3.63, 3.8) is 0 Å². The van der Waals surface area contributed by atoms with Gasteiger partial charge in [-0.2, -0.15) is 0 Å². The Hall–Kier alpha value is -2.11. The van der Waals surface area contributed by atoms with Crippen LogP contribution in [0.4, 0.5) is 0 Å². The molecule has 9 nitrogen and oxygen atoms in total.